The summed E-state index contributed by atoms with van der Waals surface area (Å²) in [5.74, 6) is 1.27. The van der Waals surface area contributed by atoms with Gasteiger partial charge in [0.1, 0.15) is 5.76 Å². The van der Waals surface area contributed by atoms with Crippen molar-refractivity contribution in [3.63, 3.8) is 0 Å². The largest absolute Gasteiger partial charge is 0.361 e. The highest BCUT2D eigenvalue weighted by molar-refractivity contribution is 5.79. The lowest BCUT2D eigenvalue weighted by Gasteiger charge is -2.55. The van der Waals surface area contributed by atoms with E-state index in [1.54, 1.807) is 0 Å². The number of carbonyl (C=O) groups excluding carboxylic acids is 1. The van der Waals surface area contributed by atoms with Crippen molar-refractivity contribution in [3.8, 4) is 0 Å². The quantitative estimate of drug-likeness (QED) is 0.871. The number of hydrogen-bond acceptors (Lipinski definition) is 5. The molecule has 28 heavy (non-hydrogen) atoms. The van der Waals surface area contributed by atoms with E-state index in [1.807, 2.05) is 13.8 Å². The second kappa shape index (κ2) is 6.71. The molecule has 1 aromatic carbocycles. The zero-order valence-electron chi connectivity index (χ0n) is 16.6. The van der Waals surface area contributed by atoms with E-state index in [0.29, 0.717) is 12.3 Å². The first-order valence-corrected chi connectivity index (χ1v) is 10.3. The van der Waals surface area contributed by atoms with E-state index in [-0.39, 0.29) is 17.4 Å². The van der Waals surface area contributed by atoms with Gasteiger partial charge in [-0.1, -0.05) is 35.5 Å². The number of hydrogen-bond donors (Lipinski definition) is 1. The normalized spacial score (nSPS) is 33.6. The highest BCUT2D eigenvalue weighted by Gasteiger charge is 2.55. The third kappa shape index (κ3) is 2.86. The molecular weight excluding hydrogens is 352 g/mol. The van der Waals surface area contributed by atoms with Crippen LogP contribution in [0.25, 0.3) is 0 Å². The lowest BCUT2D eigenvalue weighted by atomic mass is 9.64. The van der Waals surface area contributed by atoms with Crippen LogP contribution in [0.15, 0.2) is 34.9 Å². The zero-order valence-corrected chi connectivity index (χ0v) is 16.6. The molecule has 0 saturated carbocycles. The monoisotopic (exact) mass is 380 g/mol. The van der Waals surface area contributed by atoms with Gasteiger partial charge in [0.15, 0.2) is 0 Å². The second-order valence-electron chi connectivity index (χ2n) is 8.78. The van der Waals surface area contributed by atoms with Crippen LogP contribution in [0.2, 0.25) is 0 Å². The molecule has 148 valence electrons. The standard InChI is InChI=1S/C22H28N4O2/c1-15-19(16(2)28-24-15)10-20(27)23-21-17-11-25-8-9-26(12-17)14-22(21,13-25)18-6-4-3-5-7-18/h3-7,17,21H,8-14H2,1-2H3,(H,23,27). The Morgan fingerprint density at radius 3 is 2.46 bits per heavy atom. The summed E-state index contributed by atoms with van der Waals surface area (Å²) < 4.78 is 5.24. The first-order valence-electron chi connectivity index (χ1n) is 10.3. The Hall–Kier alpha value is -2.18. The fraction of sp³-hybridized carbons (Fsp3) is 0.545. The highest BCUT2D eigenvalue weighted by Crippen LogP contribution is 2.43. The van der Waals surface area contributed by atoms with Gasteiger partial charge in [0.05, 0.1) is 12.1 Å². The molecule has 6 nitrogen and oxygen atoms in total. The van der Waals surface area contributed by atoms with E-state index >= 15 is 0 Å². The second-order valence-corrected chi connectivity index (χ2v) is 8.78. The lowest BCUT2D eigenvalue weighted by molar-refractivity contribution is -0.123. The third-order valence-electron chi connectivity index (χ3n) is 6.98. The van der Waals surface area contributed by atoms with Crippen LogP contribution in [0, 0.1) is 19.8 Å². The predicted octanol–water partition coefficient (Wildman–Crippen LogP) is 1.52. The molecule has 6 rings (SSSR count). The summed E-state index contributed by atoms with van der Waals surface area (Å²) >= 11 is 0. The first-order chi connectivity index (χ1) is 13.5. The molecule has 4 saturated heterocycles. The van der Waals surface area contributed by atoms with Gasteiger partial charge in [-0.2, -0.15) is 0 Å². The lowest BCUT2D eigenvalue weighted by Crippen LogP contribution is -2.70. The first kappa shape index (κ1) is 17.9. The third-order valence-corrected chi connectivity index (χ3v) is 6.98. The van der Waals surface area contributed by atoms with Gasteiger partial charge in [0.25, 0.3) is 0 Å². The molecule has 5 heterocycles. The number of benzene rings is 1. The van der Waals surface area contributed by atoms with Gasteiger partial charge in [0.2, 0.25) is 5.91 Å². The van der Waals surface area contributed by atoms with Crippen molar-refractivity contribution in [2.75, 3.05) is 39.3 Å². The van der Waals surface area contributed by atoms with Crippen molar-refractivity contribution in [1.82, 2.24) is 20.3 Å². The Labute approximate surface area is 165 Å². The van der Waals surface area contributed by atoms with Crippen molar-refractivity contribution in [3.05, 3.63) is 52.9 Å². The Bertz CT molecular complexity index is 842. The van der Waals surface area contributed by atoms with E-state index in [1.165, 1.54) is 5.56 Å². The molecule has 1 aromatic heterocycles. The summed E-state index contributed by atoms with van der Waals surface area (Å²) in [6.45, 7) is 10.2. The van der Waals surface area contributed by atoms with Gasteiger partial charge in [-0.25, -0.2) is 0 Å². The molecule has 0 radical (unpaired) electrons. The molecule has 2 aromatic rings. The highest BCUT2D eigenvalue weighted by atomic mass is 16.5. The summed E-state index contributed by atoms with van der Waals surface area (Å²) in [4.78, 5) is 18.3. The van der Waals surface area contributed by atoms with E-state index < -0.39 is 0 Å². The average molecular weight is 380 g/mol. The zero-order chi connectivity index (χ0) is 19.3. The number of fused-ring (bicyclic) bond motifs is 1. The molecule has 0 spiro atoms. The number of aromatic nitrogens is 1. The van der Waals surface area contributed by atoms with Crippen molar-refractivity contribution in [2.45, 2.75) is 31.7 Å². The number of aryl methyl sites for hydroxylation is 2. The van der Waals surface area contributed by atoms with Crippen LogP contribution in [-0.2, 0) is 16.6 Å². The summed E-state index contributed by atoms with van der Waals surface area (Å²) in [5.41, 5.74) is 3.02. The van der Waals surface area contributed by atoms with Gasteiger partial charge in [-0.3, -0.25) is 4.79 Å². The van der Waals surface area contributed by atoms with E-state index in [4.69, 9.17) is 4.52 Å². The fourth-order valence-electron chi connectivity index (χ4n) is 5.71. The van der Waals surface area contributed by atoms with E-state index in [2.05, 4.69) is 50.6 Å². The molecular formula is C22H28N4O2. The van der Waals surface area contributed by atoms with Crippen LogP contribution in [0.3, 0.4) is 0 Å². The van der Waals surface area contributed by atoms with Crippen molar-refractivity contribution in [1.29, 1.82) is 0 Å². The van der Waals surface area contributed by atoms with Gasteiger partial charge in [0, 0.05) is 62.2 Å². The van der Waals surface area contributed by atoms with Gasteiger partial charge in [-0.15, -0.1) is 0 Å². The summed E-state index contributed by atoms with van der Waals surface area (Å²) in [5, 5.41) is 7.45. The van der Waals surface area contributed by atoms with Crippen LogP contribution in [0.5, 0.6) is 0 Å². The number of carbonyl (C=O) groups is 1. The Balaban J connectivity index is 1.46. The van der Waals surface area contributed by atoms with Crippen molar-refractivity contribution < 1.29 is 9.32 Å². The molecule has 1 amide bonds. The van der Waals surface area contributed by atoms with Gasteiger partial charge >= 0.3 is 0 Å². The molecule has 3 atom stereocenters. The van der Waals surface area contributed by atoms with Gasteiger partial charge in [-0.05, 0) is 19.4 Å². The molecule has 4 bridgehead atoms. The average Bonchev–Trinajstić information content (AvgIpc) is 2.85. The van der Waals surface area contributed by atoms with Crippen molar-refractivity contribution in [2.24, 2.45) is 5.92 Å². The predicted molar refractivity (Wildman–Crippen MR) is 106 cm³/mol. The maximum atomic E-state index is 13.1. The summed E-state index contributed by atoms with van der Waals surface area (Å²) in [6, 6.07) is 11.0. The van der Waals surface area contributed by atoms with Crippen LogP contribution in [-0.4, -0.2) is 66.2 Å². The fourth-order valence-corrected chi connectivity index (χ4v) is 5.71. The number of rotatable bonds is 4. The number of nitrogens with zero attached hydrogens (tertiary/aromatic N) is 3. The van der Waals surface area contributed by atoms with Crippen LogP contribution >= 0.6 is 0 Å². The molecule has 1 N–H and O–H groups in total. The number of nitrogens with one attached hydrogen (secondary N) is 1. The molecule has 4 fully saturated rings. The minimum atomic E-state index is -0.0483. The molecule has 3 unspecified atom stereocenters. The molecule has 4 aliphatic rings. The Morgan fingerprint density at radius 1 is 1.18 bits per heavy atom. The summed E-state index contributed by atoms with van der Waals surface area (Å²) in [7, 11) is 0. The smallest absolute Gasteiger partial charge is 0.224 e. The Kier molecular flexibility index (Phi) is 4.29. The topological polar surface area (TPSA) is 61.6 Å². The maximum absolute atomic E-state index is 13.1. The SMILES string of the molecule is Cc1noc(C)c1CC(=O)NC1C2CN3CCN(C2)CC1(c1ccccc1)C3. The molecule has 0 aliphatic carbocycles. The van der Waals surface area contributed by atoms with E-state index in [9.17, 15) is 4.79 Å². The van der Waals surface area contributed by atoms with Crippen LogP contribution in [0.4, 0.5) is 0 Å². The minimum absolute atomic E-state index is 0.0483. The van der Waals surface area contributed by atoms with E-state index in [0.717, 1.165) is 56.3 Å². The summed E-state index contributed by atoms with van der Waals surface area (Å²) in [6.07, 6.45) is 0.336. The molecule has 6 heteroatoms. The van der Waals surface area contributed by atoms with Crippen molar-refractivity contribution >= 4 is 5.91 Å². The maximum Gasteiger partial charge on any atom is 0.224 e. The minimum Gasteiger partial charge on any atom is -0.361 e. The number of piperidine rings is 2. The Morgan fingerprint density at radius 2 is 1.86 bits per heavy atom. The van der Waals surface area contributed by atoms with Crippen LogP contribution in [0.1, 0.15) is 22.6 Å². The van der Waals surface area contributed by atoms with Crippen LogP contribution < -0.4 is 5.32 Å². The van der Waals surface area contributed by atoms with Gasteiger partial charge < -0.3 is 19.6 Å². The molecule has 4 aliphatic heterocycles. The number of amides is 1.